The van der Waals surface area contributed by atoms with E-state index in [1.807, 2.05) is 0 Å². The Morgan fingerprint density at radius 2 is 1.52 bits per heavy atom. The van der Waals surface area contributed by atoms with Gasteiger partial charge in [0.05, 0.1) is 0 Å². The third-order valence-corrected chi connectivity index (χ3v) is 7.72. The van der Waals surface area contributed by atoms with Crippen molar-refractivity contribution in [1.29, 1.82) is 0 Å². The minimum atomic E-state index is 0.226. The Bertz CT molecular complexity index is 655. The number of piperazine rings is 1. The highest BCUT2D eigenvalue weighted by molar-refractivity contribution is 5.91. The first-order valence-corrected chi connectivity index (χ1v) is 10.9. The van der Waals surface area contributed by atoms with Gasteiger partial charge in [-0.05, 0) is 93.0 Å². The molecule has 0 radical (unpaired) electrons. The molecular weight excluding hydrogens is 334 g/mol. The number of likely N-dealkylation sites (N-methyl/N-ethyl adjacent to an activating group) is 1. The first-order chi connectivity index (χ1) is 13.1. The van der Waals surface area contributed by atoms with E-state index in [1.54, 1.807) is 0 Å². The molecule has 6 rings (SSSR count). The second kappa shape index (κ2) is 6.80. The molecule has 5 aliphatic rings. The van der Waals surface area contributed by atoms with Crippen LogP contribution in [0.5, 0.6) is 0 Å². The minimum absolute atomic E-state index is 0.226. The molecule has 0 spiro atoms. The summed E-state index contributed by atoms with van der Waals surface area (Å²) in [5.74, 6) is 2.95. The number of nitrogens with one attached hydrogen (secondary N) is 1. The van der Waals surface area contributed by atoms with E-state index >= 15 is 0 Å². The Labute approximate surface area is 163 Å². The van der Waals surface area contributed by atoms with Crippen molar-refractivity contribution in [1.82, 2.24) is 4.90 Å². The second-order valence-electron chi connectivity index (χ2n) is 9.98. The molecule has 27 heavy (non-hydrogen) atoms. The van der Waals surface area contributed by atoms with E-state index in [0.717, 1.165) is 56.0 Å². The van der Waals surface area contributed by atoms with Crippen molar-refractivity contribution in [3.63, 3.8) is 0 Å². The van der Waals surface area contributed by atoms with Crippen LogP contribution in [0.3, 0.4) is 0 Å². The molecule has 1 heterocycles. The molecule has 4 bridgehead atoms. The zero-order chi connectivity index (χ0) is 18.4. The lowest BCUT2D eigenvalue weighted by molar-refractivity contribution is -0.124. The lowest BCUT2D eigenvalue weighted by atomic mass is 9.49. The lowest BCUT2D eigenvalue weighted by Gasteiger charge is -2.56. The van der Waals surface area contributed by atoms with Crippen LogP contribution in [-0.4, -0.2) is 44.0 Å². The van der Waals surface area contributed by atoms with Crippen molar-refractivity contribution in [3.8, 4) is 0 Å². The zero-order valence-corrected chi connectivity index (χ0v) is 16.6. The van der Waals surface area contributed by atoms with Crippen LogP contribution in [0, 0.1) is 23.2 Å². The van der Waals surface area contributed by atoms with Crippen LogP contribution in [0.4, 0.5) is 11.4 Å². The number of carbonyl (C=O) groups is 1. The maximum absolute atomic E-state index is 12.8. The third kappa shape index (κ3) is 3.61. The summed E-state index contributed by atoms with van der Waals surface area (Å²) in [6.07, 6.45) is 8.95. The van der Waals surface area contributed by atoms with Crippen LogP contribution in [0.2, 0.25) is 0 Å². The molecule has 5 fully saturated rings. The van der Waals surface area contributed by atoms with Gasteiger partial charge in [-0.15, -0.1) is 0 Å². The van der Waals surface area contributed by atoms with Gasteiger partial charge in [0.1, 0.15) is 0 Å². The van der Waals surface area contributed by atoms with Crippen LogP contribution in [-0.2, 0) is 4.79 Å². The summed E-state index contributed by atoms with van der Waals surface area (Å²) < 4.78 is 0. The highest BCUT2D eigenvalue weighted by Gasteiger charge is 2.51. The van der Waals surface area contributed by atoms with Gasteiger partial charge in [0.15, 0.2) is 0 Å². The Balaban J connectivity index is 1.19. The van der Waals surface area contributed by atoms with Gasteiger partial charge in [-0.25, -0.2) is 0 Å². The fraction of sp³-hybridized carbons (Fsp3) is 0.696. The van der Waals surface area contributed by atoms with Crippen LogP contribution in [0.15, 0.2) is 24.3 Å². The first kappa shape index (κ1) is 17.5. The summed E-state index contributed by atoms with van der Waals surface area (Å²) >= 11 is 0. The van der Waals surface area contributed by atoms with Gasteiger partial charge in [-0.1, -0.05) is 0 Å². The van der Waals surface area contributed by atoms with Crippen molar-refractivity contribution >= 4 is 17.3 Å². The summed E-state index contributed by atoms with van der Waals surface area (Å²) in [7, 11) is 2.18. The molecule has 1 saturated heterocycles. The number of carbonyl (C=O) groups excluding carboxylic acids is 1. The topological polar surface area (TPSA) is 35.6 Å². The van der Waals surface area contributed by atoms with Crippen molar-refractivity contribution in [2.24, 2.45) is 23.2 Å². The standard InChI is InChI=1S/C23H33N3O/c1-25-6-8-26(9-7-25)21-4-2-20(3-5-21)24-22(27)16-23-13-17-10-18(14-23)12-19(11-17)15-23/h2-5,17-19H,6-16H2,1H3,(H,24,27). The Morgan fingerprint density at radius 1 is 0.963 bits per heavy atom. The monoisotopic (exact) mass is 367 g/mol. The number of benzene rings is 1. The zero-order valence-electron chi connectivity index (χ0n) is 16.6. The highest BCUT2D eigenvalue weighted by Crippen LogP contribution is 2.61. The van der Waals surface area contributed by atoms with E-state index in [2.05, 4.69) is 46.4 Å². The van der Waals surface area contributed by atoms with E-state index in [4.69, 9.17) is 0 Å². The van der Waals surface area contributed by atoms with Gasteiger partial charge >= 0.3 is 0 Å². The number of hydrogen-bond acceptors (Lipinski definition) is 3. The number of anilines is 2. The highest BCUT2D eigenvalue weighted by atomic mass is 16.1. The number of nitrogens with zero attached hydrogens (tertiary/aromatic N) is 2. The van der Waals surface area contributed by atoms with Gasteiger partial charge in [-0.3, -0.25) is 4.79 Å². The average Bonchev–Trinajstić information content (AvgIpc) is 2.61. The maximum Gasteiger partial charge on any atom is 0.224 e. The predicted octanol–water partition coefficient (Wildman–Crippen LogP) is 3.98. The summed E-state index contributed by atoms with van der Waals surface area (Å²) in [5, 5.41) is 3.19. The van der Waals surface area contributed by atoms with Crippen molar-refractivity contribution in [3.05, 3.63) is 24.3 Å². The molecule has 1 aromatic rings. The smallest absolute Gasteiger partial charge is 0.224 e. The summed E-state index contributed by atoms with van der Waals surface area (Å²) in [6, 6.07) is 8.47. The van der Waals surface area contributed by atoms with Gasteiger partial charge in [-0.2, -0.15) is 0 Å². The molecule has 0 aromatic heterocycles. The van der Waals surface area contributed by atoms with Gasteiger partial charge < -0.3 is 15.1 Å². The summed E-state index contributed by atoms with van der Waals surface area (Å²) in [5.41, 5.74) is 2.53. The van der Waals surface area contributed by atoms with Gasteiger partial charge in [0.2, 0.25) is 5.91 Å². The van der Waals surface area contributed by atoms with E-state index < -0.39 is 0 Å². The van der Waals surface area contributed by atoms with E-state index in [9.17, 15) is 4.79 Å². The van der Waals surface area contributed by atoms with Crippen LogP contribution in [0.1, 0.15) is 44.9 Å². The number of amides is 1. The molecule has 4 saturated carbocycles. The SMILES string of the molecule is CN1CCN(c2ccc(NC(=O)CC34CC5CC(CC(C5)C3)C4)cc2)CC1. The van der Waals surface area contributed by atoms with Gasteiger partial charge in [0, 0.05) is 44.0 Å². The molecular formula is C23H33N3O. The summed E-state index contributed by atoms with van der Waals surface area (Å²) in [6.45, 7) is 4.38. The lowest BCUT2D eigenvalue weighted by Crippen LogP contribution is -2.47. The fourth-order valence-electron chi connectivity index (χ4n) is 6.87. The number of hydrogen-bond donors (Lipinski definition) is 1. The molecule has 1 N–H and O–H groups in total. The van der Waals surface area contributed by atoms with Crippen molar-refractivity contribution in [2.75, 3.05) is 43.4 Å². The van der Waals surface area contributed by atoms with Crippen LogP contribution >= 0.6 is 0 Å². The molecule has 146 valence electrons. The molecule has 4 aliphatic carbocycles. The normalized spacial score (nSPS) is 35.4. The molecule has 1 amide bonds. The minimum Gasteiger partial charge on any atom is -0.369 e. The van der Waals surface area contributed by atoms with Crippen LogP contribution < -0.4 is 10.2 Å². The molecule has 4 heteroatoms. The molecule has 1 aliphatic heterocycles. The second-order valence-corrected chi connectivity index (χ2v) is 9.98. The van der Waals surface area contributed by atoms with Gasteiger partial charge in [0.25, 0.3) is 0 Å². The molecule has 1 aromatic carbocycles. The molecule has 0 atom stereocenters. The van der Waals surface area contributed by atoms with E-state index in [1.165, 1.54) is 44.2 Å². The largest absolute Gasteiger partial charge is 0.369 e. The Morgan fingerprint density at radius 3 is 2.07 bits per heavy atom. The predicted molar refractivity (Wildman–Crippen MR) is 110 cm³/mol. The quantitative estimate of drug-likeness (QED) is 0.874. The fourth-order valence-corrected chi connectivity index (χ4v) is 6.87. The summed E-state index contributed by atoms with van der Waals surface area (Å²) in [4.78, 5) is 17.6. The molecule has 0 unspecified atom stereocenters. The van der Waals surface area contributed by atoms with E-state index in [0.29, 0.717) is 5.41 Å². The van der Waals surface area contributed by atoms with Crippen molar-refractivity contribution < 1.29 is 4.79 Å². The maximum atomic E-state index is 12.8. The van der Waals surface area contributed by atoms with Crippen molar-refractivity contribution in [2.45, 2.75) is 44.9 Å². The van der Waals surface area contributed by atoms with E-state index in [-0.39, 0.29) is 5.91 Å². The number of rotatable bonds is 4. The molecule has 4 nitrogen and oxygen atoms in total. The Hall–Kier alpha value is -1.55. The third-order valence-electron chi connectivity index (χ3n) is 7.72. The first-order valence-electron chi connectivity index (χ1n) is 10.9. The average molecular weight is 368 g/mol. The van der Waals surface area contributed by atoms with Crippen LogP contribution in [0.25, 0.3) is 0 Å². The Kier molecular flexibility index (Phi) is 4.42.